The van der Waals surface area contributed by atoms with E-state index in [4.69, 9.17) is 4.74 Å². The molecule has 1 aliphatic heterocycles. The summed E-state index contributed by atoms with van der Waals surface area (Å²) in [5.74, 6) is -0.0416. The fourth-order valence-electron chi connectivity index (χ4n) is 3.33. The second-order valence-electron chi connectivity index (χ2n) is 6.82. The number of hydrogen-bond acceptors (Lipinski definition) is 4. The van der Waals surface area contributed by atoms with Gasteiger partial charge < -0.3 is 10.1 Å². The molecule has 2 aromatic carbocycles. The van der Waals surface area contributed by atoms with Gasteiger partial charge in [0.2, 0.25) is 10.0 Å². The van der Waals surface area contributed by atoms with E-state index in [0.717, 1.165) is 24.8 Å². The molecule has 1 fully saturated rings. The van der Waals surface area contributed by atoms with Gasteiger partial charge in [-0.25, -0.2) is 8.42 Å². The van der Waals surface area contributed by atoms with Crippen LogP contribution < -0.4 is 10.1 Å². The van der Waals surface area contributed by atoms with E-state index in [1.807, 2.05) is 30.3 Å². The molecule has 1 heterocycles. The molecule has 0 saturated carbocycles. The number of hydrogen-bond donors (Lipinski definition) is 1. The molecular weight excluding hydrogens is 376 g/mol. The van der Waals surface area contributed by atoms with Gasteiger partial charge in [-0.05, 0) is 43.0 Å². The SMILES string of the molecule is COc1ccc(C(=O)NCCc2ccccc2)cc1S(=O)(=O)N1CCCCC1. The van der Waals surface area contributed by atoms with Crippen LogP contribution in [0, 0.1) is 0 Å². The third kappa shape index (κ3) is 4.72. The van der Waals surface area contributed by atoms with E-state index in [0.29, 0.717) is 31.6 Å². The molecule has 7 heteroatoms. The Hall–Kier alpha value is -2.38. The molecule has 1 aliphatic rings. The quantitative estimate of drug-likeness (QED) is 0.773. The van der Waals surface area contributed by atoms with Crippen LogP contribution in [0.5, 0.6) is 5.75 Å². The van der Waals surface area contributed by atoms with Crippen molar-refractivity contribution in [2.24, 2.45) is 0 Å². The van der Waals surface area contributed by atoms with Gasteiger partial charge >= 0.3 is 0 Å². The topological polar surface area (TPSA) is 75.7 Å². The summed E-state index contributed by atoms with van der Waals surface area (Å²) in [6.45, 7) is 1.47. The van der Waals surface area contributed by atoms with Gasteiger partial charge in [-0.3, -0.25) is 4.79 Å². The zero-order valence-electron chi connectivity index (χ0n) is 16.1. The van der Waals surface area contributed by atoms with Crippen LogP contribution >= 0.6 is 0 Å². The minimum absolute atomic E-state index is 0.0487. The van der Waals surface area contributed by atoms with Crippen LogP contribution in [0.2, 0.25) is 0 Å². The van der Waals surface area contributed by atoms with Crippen LogP contribution in [0.3, 0.4) is 0 Å². The molecule has 1 amide bonds. The van der Waals surface area contributed by atoms with Crippen LogP contribution in [0.15, 0.2) is 53.4 Å². The highest BCUT2D eigenvalue weighted by atomic mass is 32.2. The van der Waals surface area contributed by atoms with E-state index in [2.05, 4.69) is 5.32 Å². The average molecular weight is 403 g/mol. The van der Waals surface area contributed by atoms with Crippen molar-refractivity contribution < 1.29 is 17.9 Å². The first-order chi connectivity index (χ1) is 13.5. The molecule has 0 unspecified atom stereocenters. The first kappa shape index (κ1) is 20.4. The Labute approximate surface area is 166 Å². The van der Waals surface area contributed by atoms with Gasteiger partial charge in [0.15, 0.2) is 0 Å². The van der Waals surface area contributed by atoms with Gasteiger partial charge in [0.05, 0.1) is 7.11 Å². The predicted molar refractivity (Wildman–Crippen MR) is 108 cm³/mol. The third-order valence-corrected chi connectivity index (χ3v) is 6.82. The lowest BCUT2D eigenvalue weighted by Crippen LogP contribution is -2.36. The fraction of sp³-hybridized carbons (Fsp3) is 0.381. The van der Waals surface area contributed by atoms with Crippen molar-refractivity contribution >= 4 is 15.9 Å². The van der Waals surface area contributed by atoms with E-state index in [9.17, 15) is 13.2 Å². The van der Waals surface area contributed by atoms with Crippen molar-refractivity contribution in [3.8, 4) is 5.75 Å². The smallest absolute Gasteiger partial charge is 0.251 e. The van der Waals surface area contributed by atoms with Crippen molar-refractivity contribution in [1.82, 2.24) is 9.62 Å². The minimum Gasteiger partial charge on any atom is -0.495 e. The molecule has 1 saturated heterocycles. The van der Waals surface area contributed by atoms with Crippen LogP contribution in [-0.4, -0.2) is 45.4 Å². The van der Waals surface area contributed by atoms with Gasteiger partial charge in [0, 0.05) is 25.2 Å². The number of rotatable bonds is 7. The number of benzene rings is 2. The number of nitrogens with one attached hydrogen (secondary N) is 1. The largest absolute Gasteiger partial charge is 0.495 e. The summed E-state index contributed by atoms with van der Waals surface area (Å²) in [5, 5.41) is 2.85. The highest BCUT2D eigenvalue weighted by molar-refractivity contribution is 7.89. The van der Waals surface area contributed by atoms with Crippen molar-refractivity contribution in [3.05, 3.63) is 59.7 Å². The van der Waals surface area contributed by atoms with Crippen LogP contribution in [0.1, 0.15) is 35.2 Å². The summed E-state index contributed by atoms with van der Waals surface area (Å²) in [5.41, 5.74) is 1.44. The Bertz CT molecular complexity index is 907. The van der Waals surface area contributed by atoms with Crippen molar-refractivity contribution in [2.45, 2.75) is 30.6 Å². The number of ether oxygens (including phenoxy) is 1. The molecule has 6 nitrogen and oxygen atoms in total. The first-order valence-electron chi connectivity index (χ1n) is 9.52. The Morgan fingerprint density at radius 2 is 1.79 bits per heavy atom. The summed E-state index contributed by atoms with van der Waals surface area (Å²) in [4.78, 5) is 12.6. The van der Waals surface area contributed by atoms with Crippen LogP contribution in [-0.2, 0) is 16.4 Å². The highest BCUT2D eigenvalue weighted by Gasteiger charge is 2.29. The van der Waals surface area contributed by atoms with E-state index < -0.39 is 10.0 Å². The van der Waals surface area contributed by atoms with Gasteiger partial charge in [-0.15, -0.1) is 0 Å². The van der Waals surface area contributed by atoms with Crippen LogP contribution in [0.25, 0.3) is 0 Å². The van der Waals surface area contributed by atoms with Crippen LogP contribution in [0.4, 0.5) is 0 Å². The van der Waals surface area contributed by atoms with E-state index in [1.54, 1.807) is 12.1 Å². The second-order valence-corrected chi connectivity index (χ2v) is 8.73. The molecule has 150 valence electrons. The molecule has 0 atom stereocenters. The molecule has 28 heavy (non-hydrogen) atoms. The molecule has 0 radical (unpaired) electrons. The first-order valence-corrected chi connectivity index (χ1v) is 11.0. The number of amides is 1. The number of methoxy groups -OCH3 is 1. The zero-order valence-corrected chi connectivity index (χ0v) is 16.9. The molecule has 1 N–H and O–H groups in total. The van der Waals surface area contributed by atoms with Crippen molar-refractivity contribution in [1.29, 1.82) is 0 Å². The summed E-state index contributed by atoms with van der Waals surface area (Å²) < 4.78 is 32.8. The Morgan fingerprint density at radius 1 is 1.07 bits per heavy atom. The Balaban J connectivity index is 1.75. The van der Waals surface area contributed by atoms with E-state index in [-0.39, 0.29) is 16.6 Å². The molecular formula is C21H26N2O4S. The molecule has 0 aromatic heterocycles. The van der Waals surface area contributed by atoms with E-state index in [1.165, 1.54) is 17.5 Å². The maximum absolute atomic E-state index is 13.1. The van der Waals surface area contributed by atoms with Gasteiger partial charge in [0.1, 0.15) is 10.6 Å². The standard InChI is InChI=1S/C21H26N2O4S/c1-27-19-11-10-18(21(24)22-13-12-17-8-4-2-5-9-17)16-20(19)28(25,26)23-14-6-3-7-15-23/h2,4-5,8-11,16H,3,6-7,12-15H2,1H3,(H,22,24). The maximum atomic E-state index is 13.1. The third-order valence-electron chi connectivity index (χ3n) is 4.90. The van der Waals surface area contributed by atoms with Crippen molar-refractivity contribution in [3.63, 3.8) is 0 Å². The summed E-state index contributed by atoms with van der Waals surface area (Å²) in [6.07, 6.45) is 3.44. The molecule has 2 aromatic rings. The normalized spacial score (nSPS) is 15.2. The minimum atomic E-state index is -3.70. The number of nitrogens with zero attached hydrogens (tertiary/aromatic N) is 1. The van der Waals surface area contributed by atoms with Gasteiger partial charge in [0.25, 0.3) is 5.91 Å². The highest BCUT2D eigenvalue weighted by Crippen LogP contribution is 2.29. The van der Waals surface area contributed by atoms with E-state index >= 15 is 0 Å². The summed E-state index contributed by atoms with van der Waals surface area (Å²) in [6, 6.07) is 14.4. The molecule has 3 rings (SSSR count). The average Bonchev–Trinajstić information content (AvgIpc) is 2.74. The lowest BCUT2D eigenvalue weighted by atomic mass is 10.1. The summed E-state index contributed by atoms with van der Waals surface area (Å²) >= 11 is 0. The number of carbonyl (C=O) groups excluding carboxylic acids is 1. The molecule has 0 bridgehead atoms. The van der Waals surface area contributed by atoms with Gasteiger partial charge in [-0.1, -0.05) is 36.8 Å². The number of sulfonamides is 1. The predicted octanol–water partition coefficient (Wildman–Crippen LogP) is 2.84. The maximum Gasteiger partial charge on any atom is 0.251 e. The second kappa shape index (κ2) is 9.21. The lowest BCUT2D eigenvalue weighted by Gasteiger charge is -2.26. The lowest BCUT2D eigenvalue weighted by molar-refractivity contribution is 0.0954. The fourth-order valence-corrected chi connectivity index (χ4v) is 5.03. The molecule has 0 spiro atoms. The van der Waals surface area contributed by atoms with Gasteiger partial charge in [-0.2, -0.15) is 4.31 Å². The number of carbonyl (C=O) groups is 1. The Morgan fingerprint density at radius 3 is 2.46 bits per heavy atom. The monoisotopic (exact) mass is 402 g/mol. The summed E-state index contributed by atoms with van der Waals surface area (Å²) in [7, 11) is -2.26. The zero-order chi connectivity index (χ0) is 20.0. The molecule has 0 aliphatic carbocycles. The number of piperidine rings is 1. The van der Waals surface area contributed by atoms with Crippen molar-refractivity contribution in [2.75, 3.05) is 26.7 Å². The Kier molecular flexibility index (Phi) is 6.70.